The van der Waals surface area contributed by atoms with Crippen LogP contribution in [0, 0.1) is 13.8 Å². The molecule has 0 aliphatic carbocycles. The van der Waals surface area contributed by atoms with Crippen LogP contribution in [0.1, 0.15) is 46.7 Å². The third-order valence-electron chi connectivity index (χ3n) is 3.53. The summed E-state index contributed by atoms with van der Waals surface area (Å²) in [6.07, 6.45) is 0.750. The molecule has 110 valence electrons. The lowest BCUT2D eigenvalue weighted by Crippen LogP contribution is -2.29. The van der Waals surface area contributed by atoms with E-state index in [1.54, 1.807) is 25.1 Å². The Kier molecular flexibility index (Phi) is 4.58. The second-order valence-corrected chi connectivity index (χ2v) is 5.09. The van der Waals surface area contributed by atoms with Crippen molar-refractivity contribution < 1.29 is 9.90 Å². The number of hydrogen-bond donors (Lipinski definition) is 2. The van der Waals surface area contributed by atoms with Crippen LogP contribution in [0.5, 0.6) is 5.75 Å². The maximum atomic E-state index is 12.4. The highest BCUT2D eigenvalue weighted by Gasteiger charge is 2.17. The number of hydrogen-bond acceptors (Lipinski definition) is 3. The minimum absolute atomic E-state index is 0.129. The molecule has 0 saturated heterocycles. The van der Waals surface area contributed by atoms with Crippen LogP contribution in [-0.4, -0.2) is 16.0 Å². The normalized spacial score (nSPS) is 12.0. The van der Waals surface area contributed by atoms with Crippen molar-refractivity contribution in [3.8, 4) is 5.75 Å². The molecule has 1 amide bonds. The molecule has 4 heteroatoms. The number of benzene rings is 1. The SMILES string of the molecule is CC[C@H](NC(=O)c1cccc(O)c1C)c1cccc(C)n1. The number of rotatable bonds is 4. The summed E-state index contributed by atoms with van der Waals surface area (Å²) in [6, 6.07) is 10.6. The number of amides is 1. The molecular weight excluding hydrogens is 264 g/mol. The van der Waals surface area contributed by atoms with Crippen molar-refractivity contribution in [2.24, 2.45) is 0 Å². The first-order valence-electron chi connectivity index (χ1n) is 7.06. The van der Waals surface area contributed by atoms with Gasteiger partial charge in [0.2, 0.25) is 0 Å². The second-order valence-electron chi connectivity index (χ2n) is 5.09. The first kappa shape index (κ1) is 15.0. The van der Waals surface area contributed by atoms with Crippen LogP contribution in [0.25, 0.3) is 0 Å². The van der Waals surface area contributed by atoms with E-state index in [-0.39, 0.29) is 17.7 Å². The first-order valence-corrected chi connectivity index (χ1v) is 7.06. The van der Waals surface area contributed by atoms with E-state index < -0.39 is 0 Å². The summed E-state index contributed by atoms with van der Waals surface area (Å²) in [5, 5.41) is 12.7. The topological polar surface area (TPSA) is 62.2 Å². The molecule has 0 spiro atoms. The zero-order valence-corrected chi connectivity index (χ0v) is 12.6. The number of pyridine rings is 1. The Morgan fingerprint density at radius 3 is 2.62 bits per heavy atom. The summed E-state index contributed by atoms with van der Waals surface area (Å²) in [6.45, 7) is 5.66. The molecule has 0 unspecified atom stereocenters. The molecule has 0 aliphatic heterocycles. The number of aromatic nitrogens is 1. The van der Waals surface area contributed by atoms with Gasteiger partial charge in [0, 0.05) is 16.8 Å². The van der Waals surface area contributed by atoms with Crippen LogP contribution in [-0.2, 0) is 0 Å². The number of phenols is 1. The molecule has 4 nitrogen and oxygen atoms in total. The molecule has 1 aromatic carbocycles. The predicted octanol–water partition coefficient (Wildman–Crippen LogP) is 3.29. The van der Waals surface area contributed by atoms with Crippen molar-refractivity contribution in [3.05, 3.63) is 58.9 Å². The number of nitrogens with zero attached hydrogens (tertiary/aromatic N) is 1. The fourth-order valence-corrected chi connectivity index (χ4v) is 2.25. The number of aromatic hydroxyl groups is 1. The van der Waals surface area contributed by atoms with Gasteiger partial charge in [0.05, 0.1) is 11.7 Å². The van der Waals surface area contributed by atoms with Crippen LogP contribution in [0.3, 0.4) is 0 Å². The van der Waals surface area contributed by atoms with Gasteiger partial charge in [-0.3, -0.25) is 9.78 Å². The van der Waals surface area contributed by atoms with Crippen molar-refractivity contribution in [1.29, 1.82) is 0 Å². The van der Waals surface area contributed by atoms with Gasteiger partial charge in [-0.05, 0) is 44.5 Å². The number of carbonyl (C=O) groups excluding carboxylic acids is 1. The highest BCUT2D eigenvalue weighted by Crippen LogP contribution is 2.21. The van der Waals surface area contributed by atoms with E-state index in [9.17, 15) is 9.90 Å². The molecule has 0 bridgehead atoms. The largest absolute Gasteiger partial charge is 0.508 e. The molecule has 1 heterocycles. The highest BCUT2D eigenvalue weighted by atomic mass is 16.3. The number of carbonyl (C=O) groups is 1. The highest BCUT2D eigenvalue weighted by molar-refractivity contribution is 5.96. The van der Waals surface area contributed by atoms with Crippen molar-refractivity contribution in [2.45, 2.75) is 33.2 Å². The van der Waals surface area contributed by atoms with Crippen molar-refractivity contribution in [2.75, 3.05) is 0 Å². The molecule has 21 heavy (non-hydrogen) atoms. The van der Waals surface area contributed by atoms with Crippen molar-refractivity contribution >= 4 is 5.91 Å². The van der Waals surface area contributed by atoms with Gasteiger partial charge in [0.15, 0.2) is 0 Å². The van der Waals surface area contributed by atoms with Gasteiger partial charge in [0.1, 0.15) is 5.75 Å². The molecule has 0 aliphatic rings. The fraction of sp³-hybridized carbons (Fsp3) is 0.294. The molecule has 0 fully saturated rings. The summed E-state index contributed by atoms with van der Waals surface area (Å²) < 4.78 is 0. The van der Waals surface area contributed by atoms with Gasteiger partial charge in [-0.15, -0.1) is 0 Å². The monoisotopic (exact) mass is 284 g/mol. The first-order chi connectivity index (χ1) is 10.0. The predicted molar refractivity (Wildman–Crippen MR) is 82.3 cm³/mol. The Hall–Kier alpha value is -2.36. The zero-order chi connectivity index (χ0) is 15.4. The molecule has 2 rings (SSSR count). The maximum absolute atomic E-state index is 12.4. The zero-order valence-electron chi connectivity index (χ0n) is 12.6. The van der Waals surface area contributed by atoms with Gasteiger partial charge in [-0.25, -0.2) is 0 Å². The Labute approximate surface area is 124 Å². The minimum atomic E-state index is -0.196. The Morgan fingerprint density at radius 1 is 1.24 bits per heavy atom. The molecule has 1 atom stereocenters. The lowest BCUT2D eigenvalue weighted by atomic mass is 10.1. The number of phenolic OH excluding ortho intramolecular Hbond substituents is 1. The van der Waals surface area contributed by atoms with E-state index >= 15 is 0 Å². The van der Waals surface area contributed by atoms with Gasteiger partial charge in [0.25, 0.3) is 5.91 Å². The molecule has 1 aromatic heterocycles. The summed E-state index contributed by atoms with van der Waals surface area (Å²) in [5.74, 6) is -0.0667. The average Bonchev–Trinajstić information content (AvgIpc) is 2.47. The Balaban J connectivity index is 2.22. The molecular formula is C17H20N2O2. The number of nitrogens with one attached hydrogen (secondary N) is 1. The molecule has 2 N–H and O–H groups in total. The van der Waals surface area contributed by atoms with Crippen LogP contribution in [0.4, 0.5) is 0 Å². The van der Waals surface area contributed by atoms with Gasteiger partial charge in [-0.1, -0.05) is 19.1 Å². The van der Waals surface area contributed by atoms with E-state index in [0.29, 0.717) is 11.1 Å². The van der Waals surface area contributed by atoms with E-state index in [0.717, 1.165) is 17.8 Å². The van der Waals surface area contributed by atoms with E-state index in [1.165, 1.54) is 0 Å². The maximum Gasteiger partial charge on any atom is 0.252 e. The van der Waals surface area contributed by atoms with Gasteiger partial charge in [-0.2, -0.15) is 0 Å². The Morgan fingerprint density at radius 2 is 1.95 bits per heavy atom. The smallest absolute Gasteiger partial charge is 0.252 e. The quantitative estimate of drug-likeness (QED) is 0.905. The van der Waals surface area contributed by atoms with E-state index in [2.05, 4.69) is 10.3 Å². The summed E-state index contributed by atoms with van der Waals surface area (Å²) >= 11 is 0. The molecule has 0 radical (unpaired) electrons. The van der Waals surface area contributed by atoms with Crippen molar-refractivity contribution in [1.82, 2.24) is 10.3 Å². The van der Waals surface area contributed by atoms with E-state index in [1.807, 2.05) is 32.0 Å². The number of aryl methyl sites for hydroxylation is 1. The van der Waals surface area contributed by atoms with Crippen LogP contribution in [0.2, 0.25) is 0 Å². The lowest BCUT2D eigenvalue weighted by molar-refractivity contribution is 0.0933. The molecule has 0 saturated carbocycles. The standard InChI is InChI=1S/C17H20N2O2/c1-4-14(15-9-5-7-11(2)18-15)19-17(21)13-8-6-10-16(20)12(13)3/h5-10,14,20H,4H2,1-3H3,(H,19,21)/t14-/m0/s1. The van der Waals surface area contributed by atoms with Gasteiger partial charge >= 0.3 is 0 Å². The third-order valence-corrected chi connectivity index (χ3v) is 3.53. The third kappa shape index (κ3) is 3.40. The van der Waals surface area contributed by atoms with Crippen LogP contribution < -0.4 is 5.32 Å². The summed E-state index contributed by atoms with van der Waals surface area (Å²) in [5.41, 5.74) is 2.85. The summed E-state index contributed by atoms with van der Waals surface area (Å²) in [7, 11) is 0. The Bertz CT molecular complexity index is 653. The van der Waals surface area contributed by atoms with Crippen molar-refractivity contribution in [3.63, 3.8) is 0 Å². The van der Waals surface area contributed by atoms with Crippen LogP contribution >= 0.6 is 0 Å². The summed E-state index contributed by atoms with van der Waals surface area (Å²) in [4.78, 5) is 16.9. The van der Waals surface area contributed by atoms with Gasteiger partial charge < -0.3 is 10.4 Å². The fourth-order valence-electron chi connectivity index (χ4n) is 2.25. The average molecular weight is 284 g/mol. The van der Waals surface area contributed by atoms with E-state index in [4.69, 9.17) is 0 Å². The molecule has 2 aromatic rings. The lowest BCUT2D eigenvalue weighted by Gasteiger charge is -2.18. The van der Waals surface area contributed by atoms with Crippen LogP contribution in [0.15, 0.2) is 36.4 Å². The second kappa shape index (κ2) is 6.39. The minimum Gasteiger partial charge on any atom is -0.508 e.